The predicted octanol–water partition coefficient (Wildman–Crippen LogP) is 4.42. The highest BCUT2D eigenvalue weighted by atomic mass is 19.2. The second-order valence-corrected chi connectivity index (χ2v) is 5.10. The van der Waals surface area contributed by atoms with Crippen molar-refractivity contribution in [2.75, 3.05) is 6.54 Å². The third kappa shape index (κ3) is 3.10. The van der Waals surface area contributed by atoms with Gasteiger partial charge in [0, 0.05) is 5.56 Å². The summed E-state index contributed by atoms with van der Waals surface area (Å²) in [5.74, 6) is -3.75. The van der Waals surface area contributed by atoms with Gasteiger partial charge in [0.2, 0.25) is 0 Å². The Morgan fingerprint density at radius 3 is 2.29 bits per heavy atom. The zero-order valence-electron chi connectivity index (χ0n) is 12.3. The van der Waals surface area contributed by atoms with Crippen molar-refractivity contribution in [1.29, 1.82) is 0 Å². The van der Waals surface area contributed by atoms with Gasteiger partial charge in [-0.05, 0) is 43.1 Å². The molecule has 112 valence electrons. The highest BCUT2D eigenvalue weighted by Crippen LogP contribution is 2.28. The van der Waals surface area contributed by atoms with Gasteiger partial charge in [-0.1, -0.05) is 31.2 Å². The maximum atomic E-state index is 14.0. The number of aryl methyl sites for hydroxylation is 2. The molecule has 2 rings (SSSR count). The minimum absolute atomic E-state index is 0.110. The van der Waals surface area contributed by atoms with Crippen LogP contribution < -0.4 is 5.32 Å². The second kappa shape index (κ2) is 6.31. The average Bonchev–Trinajstić information content (AvgIpc) is 2.46. The first-order chi connectivity index (χ1) is 9.95. The molecule has 0 aliphatic rings. The first-order valence-corrected chi connectivity index (χ1v) is 6.89. The van der Waals surface area contributed by atoms with E-state index in [1.54, 1.807) is 0 Å². The van der Waals surface area contributed by atoms with E-state index in [0.29, 0.717) is 6.54 Å². The molecule has 0 heterocycles. The van der Waals surface area contributed by atoms with E-state index in [0.717, 1.165) is 22.8 Å². The molecule has 0 saturated heterocycles. The minimum Gasteiger partial charge on any atom is -0.306 e. The van der Waals surface area contributed by atoms with E-state index in [9.17, 15) is 13.2 Å². The van der Waals surface area contributed by atoms with Gasteiger partial charge in [0.05, 0.1) is 6.04 Å². The van der Waals surface area contributed by atoms with Crippen LogP contribution in [0, 0.1) is 31.3 Å². The number of benzene rings is 2. The molecule has 0 fully saturated rings. The number of rotatable bonds is 4. The summed E-state index contributed by atoms with van der Waals surface area (Å²) in [5.41, 5.74) is 3.13. The monoisotopic (exact) mass is 293 g/mol. The quantitative estimate of drug-likeness (QED) is 0.823. The summed E-state index contributed by atoms with van der Waals surface area (Å²) in [4.78, 5) is 0. The molecule has 2 aromatic rings. The maximum Gasteiger partial charge on any atom is 0.194 e. The topological polar surface area (TPSA) is 12.0 Å². The fraction of sp³-hybridized carbons (Fsp3) is 0.294. The van der Waals surface area contributed by atoms with E-state index in [4.69, 9.17) is 0 Å². The zero-order chi connectivity index (χ0) is 15.6. The Balaban J connectivity index is 2.53. The third-order valence-electron chi connectivity index (χ3n) is 3.65. The van der Waals surface area contributed by atoms with Gasteiger partial charge in [-0.2, -0.15) is 0 Å². The van der Waals surface area contributed by atoms with Gasteiger partial charge in [-0.3, -0.25) is 0 Å². The zero-order valence-corrected chi connectivity index (χ0v) is 12.3. The molecule has 0 amide bonds. The number of hydrogen-bond acceptors (Lipinski definition) is 1. The molecular weight excluding hydrogens is 275 g/mol. The van der Waals surface area contributed by atoms with E-state index in [2.05, 4.69) is 5.32 Å². The Morgan fingerprint density at radius 1 is 0.952 bits per heavy atom. The van der Waals surface area contributed by atoms with Gasteiger partial charge in [-0.15, -0.1) is 0 Å². The smallest absolute Gasteiger partial charge is 0.194 e. The fourth-order valence-electron chi connectivity index (χ4n) is 2.32. The lowest BCUT2D eigenvalue weighted by molar-refractivity contribution is 0.433. The summed E-state index contributed by atoms with van der Waals surface area (Å²) in [6.07, 6.45) is 0. The Morgan fingerprint density at radius 2 is 1.67 bits per heavy atom. The molecule has 0 radical (unpaired) electrons. The lowest BCUT2D eigenvalue weighted by Gasteiger charge is -2.21. The van der Waals surface area contributed by atoms with Crippen molar-refractivity contribution in [1.82, 2.24) is 5.32 Å². The summed E-state index contributed by atoms with van der Waals surface area (Å²) in [5, 5.41) is 3.12. The van der Waals surface area contributed by atoms with Crippen LogP contribution in [0.2, 0.25) is 0 Å². The predicted molar refractivity (Wildman–Crippen MR) is 77.8 cm³/mol. The third-order valence-corrected chi connectivity index (χ3v) is 3.65. The number of nitrogens with one attached hydrogen (secondary N) is 1. The molecule has 0 aliphatic heterocycles. The Kier molecular flexibility index (Phi) is 4.68. The molecule has 0 bridgehead atoms. The van der Waals surface area contributed by atoms with Crippen molar-refractivity contribution in [2.24, 2.45) is 0 Å². The van der Waals surface area contributed by atoms with Crippen LogP contribution in [0.15, 0.2) is 30.3 Å². The highest BCUT2D eigenvalue weighted by Gasteiger charge is 2.21. The van der Waals surface area contributed by atoms with E-state index in [1.807, 2.05) is 39.0 Å². The van der Waals surface area contributed by atoms with Crippen LogP contribution in [-0.2, 0) is 0 Å². The number of hydrogen-bond donors (Lipinski definition) is 1. The van der Waals surface area contributed by atoms with Crippen molar-refractivity contribution in [3.8, 4) is 0 Å². The molecule has 0 aliphatic carbocycles. The summed E-state index contributed by atoms with van der Waals surface area (Å²) < 4.78 is 40.6. The lowest BCUT2D eigenvalue weighted by atomic mass is 9.95. The molecule has 0 aromatic heterocycles. The van der Waals surface area contributed by atoms with Crippen molar-refractivity contribution in [3.05, 3.63) is 70.0 Å². The van der Waals surface area contributed by atoms with Crippen LogP contribution >= 0.6 is 0 Å². The van der Waals surface area contributed by atoms with Gasteiger partial charge < -0.3 is 5.32 Å². The minimum atomic E-state index is -1.43. The first kappa shape index (κ1) is 15.6. The largest absolute Gasteiger partial charge is 0.306 e. The van der Waals surface area contributed by atoms with Crippen molar-refractivity contribution >= 4 is 0 Å². The summed E-state index contributed by atoms with van der Waals surface area (Å²) >= 11 is 0. The summed E-state index contributed by atoms with van der Waals surface area (Å²) in [7, 11) is 0. The molecular formula is C17H18F3N. The van der Waals surface area contributed by atoms with Crippen molar-refractivity contribution in [2.45, 2.75) is 26.8 Å². The summed E-state index contributed by atoms with van der Waals surface area (Å²) in [6.45, 7) is 6.41. The van der Waals surface area contributed by atoms with Gasteiger partial charge in [0.15, 0.2) is 17.5 Å². The van der Waals surface area contributed by atoms with Crippen LogP contribution in [0.5, 0.6) is 0 Å². The fourth-order valence-corrected chi connectivity index (χ4v) is 2.32. The molecule has 2 aromatic carbocycles. The van der Waals surface area contributed by atoms with Gasteiger partial charge >= 0.3 is 0 Å². The van der Waals surface area contributed by atoms with E-state index in [-0.39, 0.29) is 5.56 Å². The van der Waals surface area contributed by atoms with Crippen molar-refractivity contribution < 1.29 is 13.2 Å². The summed E-state index contributed by atoms with van der Waals surface area (Å²) in [6, 6.07) is 7.48. The molecule has 21 heavy (non-hydrogen) atoms. The van der Waals surface area contributed by atoms with E-state index >= 15 is 0 Å². The SMILES string of the molecule is CCNC(c1ccc(C)c(C)c1)c1ccc(F)c(F)c1F. The molecule has 1 atom stereocenters. The van der Waals surface area contributed by atoms with Crippen LogP contribution in [0.4, 0.5) is 13.2 Å². The molecule has 0 saturated carbocycles. The molecule has 0 spiro atoms. The standard InChI is InChI=1S/C17H18F3N/c1-4-21-17(12-6-5-10(2)11(3)9-12)13-7-8-14(18)16(20)15(13)19/h5-9,17,21H,4H2,1-3H3. The van der Waals surface area contributed by atoms with Crippen LogP contribution in [0.25, 0.3) is 0 Å². The molecule has 4 heteroatoms. The average molecular weight is 293 g/mol. The molecule has 1 nitrogen and oxygen atoms in total. The normalized spacial score (nSPS) is 12.5. The van der Waals surface area contributed by atoms with Crippen LogP contribution in [0.3, 0.4) is 0 Å². The van der Waals surface area contributed by atoms with Crippen LogP contribution in [-0.4, -0.2) is 6.54 Å². The van der Waals surface area contributed by atoms with Gasteiger partial charge in [-0.25, -0.2) is 13.2 Å². The highest BCUT2D eigenvalue weighted by molar-refractivity contribution is 5.38. The Labute approximate surface area is 122 Å². The van der Waals surface area contributed by atoms with Gasteiger partial charge in [0.25, 0.3) is 0 Å². The first-order valence-electron chi connectivity index (χ1n) is 6.89. The van der Waals surface area contributed by atoms with E-state index < -0.39 is 23.5 Å². The maximum absolute atomic E-state index is 14.0. The lowest BCUT2D eigenvalue weighted by Crippen LogP contribution is -2.23. The Bertz CT molecular complexity index is 653. The second-order valence-electron chi connectivity index (χ2n) is 5.10. The van der Waals surface area contributed by atoms with Crippen molar-refractivity contribution in [3.63, 3.8) is 0 Å². The van der Waals surface area contributed by atoms with E-state index in [1.165, 1.54) is 6.07 Å². The molecule has 1 unspecified atom stereocenters. The Hall–Kier alpha value is -1.81. The van der Waals surface area contributed by atoms with Crippen LogP contribution in [0.1, 0.15) is 35.2 Å². The molecule has 1 N–H and O–H groups in total. The number of halogens is 3. The van der Waals surface area contributed by atoms with Gasteiger partial charge in [0.1, 0.15) is 0 Å².